The average Bonchev–Trinajstić information content (AvgIpc) is 2.37. The number of hydrogen-bond donors (Lipinski definition) is 1. The molecule has 1 rings (SSSR count). The Labute approximate surface area is 112 Å². The van der Waals surface area contributed by atoms with Crippen molar-refractivity contribution in [2.24, 2.45) is 11.7 Å². The van der Waals surface area contributed by atoms with Crippen LogP contribution in [0.25, 0.3) is 0 Å². The molecule has 104 valence electrons. The fourth-order valence-electron chi connectivity index (χ4n) is 1.79. The van der Waals surface area contributed by atoms with Gasteiger partial charge in [0, 0.05) is 24.1 Å². The summed E-state index contributed by atoms with van der Waals surface area (Å²) in [5.74, 6) is 0.826. The van der Waals surface area contributed by atoms with Gasteiger partial charge in [0.25, 0.3) is 0 Å². The van der Waals surface area contributed by atoms with Gasteiger partial charge in [-0.1, -0.05) is 6.92 Å². The lowest BCUT2D eigenvalue weighted by Gasteiger charge is -2.36. The zero-order valence-corrected chi connectivity index (χ0v) is 12.0. The van der Waals surface area contributed by atoms with Crippen molar-refractivity contribution in [3.05, 3.63) is 0 Å². The maximum Gasteiger partial charge on any atom is 0.329 e. The molecule has 1 amide bonds. The monoisotopic (exact) mass is 274 g/mol. The van der Waals surface area contributed by atoms with Crippen molar-refractivity contribution in [1.29, 1.82) is 0 Å². The van der Waals surface area contributed by atoms with Gasteiger partial charge in [0.05, 0.1) is 12.5 Å². The highest BCUT2D eigenvalue weighted by molar-refractivity contribution is 7.99. The molecule has 0 bridgehead atoms. The Morgan fingerprint density at radius 1 is 1.50 bits per heavy atom. The Bertz CT molecular complexity index is 310. The minimum Gasteiger partial charge on any atom is -0.464 e. The molecule has 18 heavy (non-hydrogen) atoms. The molecule has 0 aliphatic carbocycles. The molecule has 0 aromatic heterocycles. The number of ether oxygens (including phenoxy) is 1. The van der Waals surface area contributed by atoms with Gasteiger partial charge in [0.15, 0.2) is 0 Å². The summed E-state index contributed by atoms with van der Waals surface area (Å²) < 4.78 is 5.02. The molecular weight excluding hydrogens is 252 g/mol. The lowest BCUT2D eigenvalue weighted by Crippen LogP contribution is -2.54. The van der Waals surface area contributed by atoms with E-state index in [1.54, 1.807) is 37.4 Å². The highest BCUT2D eigenvalue weighted by Gasteiger charge is 2.36. The van der Waals surface area contributed by atoms with Crippen LogP contribution >= 0.6 is 11.8 Å². The van der Waals surface area contributed by atoms with E-state index in [2.05, 4.69) is 0 Å². The minimum absolute atomic E-state index is 0.0525. The zero-order valence-electron chi connectivity index (χ0n) is 11.2. The lowest BCUT2D eigenvalue weighted by molar-refractivity contribution is -0.155. The molecule has 3 unspecified atom stereocenters. The van der Waals surface area contributed by atoms with Crippen LogP contribution in [0.5, 0.6) is 0 Å². The molecule has 3 atom stereocenters. The molecule has 1 heterocycles. The first-order valence-electron chi connectivity index (χ1n) is 6.29. The number of hydrogen-bond acceptors (Lipinski definition) is 5. The summed E-state index contributed by atoms with van der Waals surface area (Å²) in [7, 11) is 0. The molecule has 0 aromatic rings. The van der Waals surface area contributed by atoms with Crippen molar-refractivity contribution in [3.63, 3.8) is 0 Å². The van der Waals surface area contributed by atoms with Gasteiger partial charge in [0.2, 0.25) is 5.91 Å². The summed E-state index contributed by atoms with van der Waals surface area (Å²) in [6, 6.07) is -0.674. The number of rotatable bonds is 4. The molecule has 1 aliphatic rings. The van der Waals surface area contributed by atoms with Gasteiger partial charge >= 0.3 is 5.97 Å². The second-order valence-corrected chi connectivity index (χ2v) is 5.67. The Morgan fingerprint density at radius 3 is 2.72 bits per heavy atom. The first-order valence-corrected chi connectivity index (χ1v) is 7.45. The van der Waals surface area contributed by atoms with Gasteiger partial charge in [-0.15, -0.1) is 0 Å². The second kappa shape index (κ2) is 6.99. The Morgan fingerprint density at radius 2 is 2.17 bits per heavy atom. The first-order chi connectivity index (χ1) is 8.49. The normalized spacial score (nSPS) is 23.3. The standard InChI is InChI=1S/C12H22N2O3S/c1-4-17-12(16)10-7-18-6-5-14(10)11(15)8(2)9(3)13/h8-10H,4-7,13H2,1-3H3. The highest BCUT2D eigenvalue weighted by Crippen LogP contribution is 2.20. The van der Waals surface area contributed by atoms with Crippen LogP contribution in [-0.2, 0) is 14.3 Å². The molecule has 0 radical (unpaired) electrons. The van der Waals surface area contributed by atoms with E-state index in [0.29, 0.717) is 18.9 Å². The van der Waals surface area contributed by atoms with Crippen LogP contribution in [-0.4, -0.2) is 53.5 Å². The van der Waals surface area contributed by atoms with Crippen molar-refractivity contribution in [3.8, 4) is 0 Å². The van der Waals surface area contributed by atoms with Gasteiger partial charge in [-0.05, 0) is 13.8 Å². The molecule has 1 saturated heterocycles. The smallest absolute Gasteiger partial charge is 0.329 e. The number of nitrogens with zero attached hydrogens (tertiary/aromatic N) is 1. The summed E-state index contributed by atoms with van der Waals surface area (Å²) >= 11 is 1.67. The Balaban J connectivity index is 2.76. The van der Waals surface area contributed by atoms with Crippen LogP contribution in [0.2, 0.25) is 0 Å². The van der Waals surface area contributed by atoms with Crippen molar-refractivity contribution >= 4 is 23.6 Å². The molecule has 5 nitrogen and oxygen atoms in total. The topological polar surface area (TPSA) is 72.6 Å². The third kappa shape index (κ3) is 3.62. The van der Waals surface area contributed by atoms with E-state index in [9.17, 15) is 9.59 Å². The third-order valence-corrected chi connectivity index (χ3v) is 4.17. The van der Waals surface area contributed by atoms with E-state index in [1.165, 1.54) is 0 Å². The van der Waals surface area contributed by atoms with E-state index in [4.69, 9.17) is 10.5 Å². The summed E-state index contributed by atoms with van der Waals surface area (Å²) in [6.45, 7) is 6.30. The van der Waals surface area contributed by atoms with Crippen LogP contribution in [0.4, 0.5) is 0 Å². The summed E-state index contributed by atoms with van der Waals surface area (Å²) in [5, 5.41) is 0. The second-order valence-electron chi connectivity index (χ2n) is 4.52. The molecule has 0 aromatic carbocycles. The van der Waals surface area contributed by atoms with Crippen LogP contribution in [0, 0.1) is 5.92 Å². The van der Waals surface area contributed by atoms with Crippen LogP contribution in [0.1, 0.15) is 20.8 Å². The number of amides is 1. The SMILES string of the molecule is CCOC(=O)C1CSCCN1C(=O)C(C)C(C)N. The van der Waals surface area contributed by atoms with E-state index in [0.717, 1.165) is 5.75 Å². The number of thioether (sulfide) groups is 1. The molecule has 0 spiro atoms. The van der Waals surface area contributed by atoms with Crippen LogP contribution in [0.15, 0.2) is 0 Å². The number of carbonyl (C=O) groups excluding carboxylic acids is 2. The highest BCUT2D eigenvalue weighted by atomic mass is 32.2. The van der Waals surface area contributed by atoms with Crippen molar-refractivity contribution < 1.29 is 14.3 Å². The van der Waals surface area contributed by atoms with E-state index >= 15 is 0 Å². The first kappa shape index (κ1) is 15.3. The fraction of sp³-hybridized carbons (Fsp3) is 0.833. The molecule has 6 heteroatoms. The van der Waals surface area contributed by atoms with Gasteiger partial charge in [0.1, 0.15) is 6.04 Å². The van der Waals surface area contributed by atoms with Gasteiger partial charge < -0.3 is 15.4 Å². The average molecular weight is 274 g/mol. The van der Waals surface area contributed by atoms with Gasteiger partial charge in [-0.25, -0.2) is 4.79 Å². The number of carbonyl (C=O) groups is 2. The minimum atomic E-state index is -0.461. The zero-order chi connectivity index (χ0) is 13.7. The van der Waals surface area contributed by atoms with Crippen LogP contribution in [0.3, 0.4) is 0 Å². The molecule has 0 saturated carbocycles. The lowest BCUT2D eigenvalue weighted by atomic mass is 10.0. The van der Waals surface area contributed by atoms with E-state index in [-0.39, 0.29) is 23.8 Å². The van der Waals surface area contributed by atoms with Crippen molar-refractivity contribution in [2.75, 3.05) is 24.7 Å². The molecule has 1 fully saturated rings. The maximum atomic E-state index is 12.3. The maximum absolute atomic E-state index is 12.3. The van der Waals surface area contributed by atoms with Gasteiger partial charge in [-0.2, -0.15) is 11.8 Å². The van der Waals surface area contributed by atoms with E-state index < -0.39 is 6.04 Å². The predicted octanol–water partition coefficient (Wildman–Crippen LogP) is 0.477. The summed E-state index contributed by atoms with van der Waals surface area (Å²) in [4.78, 5) is 25.8. The van der Waals surface area contributed by atoms with Gasteiger partial charge in [-0.3, -0.25) is 4.79 Å². The van der Waals surface area contributed by atoms with E-state index in [1.807, 2.05) is 0 Å². The fourth-order valence-corrected chi connectivity index (χ4v) is 2.82. The predicted molar refractivity (Wildman–Crippen MR) is 72.3 cm³/mol. The third-order valence-electron chi connectivity index (χ3n) is 3.15. The Hall–Kier alpha value is -0.750. The van der Waals surface area contributed by atoms with Crippen molar-refractivity contribution in [1.82, 2.24) is 4.90 Å². The van der Waals surface area contributed by atoms with Crippen molar-refractivity contribution in [2.45, 2.75) is 32.9 Å². The largest absolute Gasteiger partial charge is 0.464 e. The summed E-state index contributed by atoms with van der Waals surface area (Å²) in [6.07, 6.45) is 0. The molecule has 1 aliphatic heterocycles. The summed E-state index contributed by atoms with van der Waals surface area (Å²) in [5.41, 5.74) is 5.75. The number of esters is 1. The quantitative estimate of drug-likeness (QED) is 0.755. The Kier molecular flexibility index (Phi) is 5.95. The molecule has 2 N–H and O–H groups in total. The number of nitrogens with two attached hydrogens (primary N) is 1. The van der Waals surface area contributed by atoms with Crippen LogP contribution < -0.4 is 5.73 Å². The molecular formula is C12H22N2O3S.